The van der Waals surface area contributed by atoms with Crippen molar-refractivity contribution in [2.45, 2.75) is 19.4 Å². The maximum atomic E-state index is 13.9. The van der Waals surface area contributed by atoms with Crippen molar-refractivity contribution in [1.29, 1.82) is 0 Å². The van der Waals surface area contributed by atoms with Crippen molar-refractivity contribution in [3.8, 4) is 0 Å². The van der Waals surface area contributed by atoms with Gasteiger partial charge in [0.05, 0.1) is 10.7 Å². The third-order valence-electron chi connectivity index (χ3n) is 4.32. The van der Waals surface area contributed by atoms with Crippen molar-refractivity contribution < 1.29 is 14.0 Å². The van der Waals surface area contributed by atoms with E-state index < -0.39 is 0 Å². The number of nitrogens with one attached hydrogen (secondary N) is 2. The number of amides is 2. The SMILES string of the molecule is CC(=O)c1ccc(NC(=O)NC2CCN(c3ccccc3F)C2)cc1Cl. The van der Waals surface area contributed by atoms with Gasteiger partial charge in [-0.1, -0.05) is 23.7 Å². The number of rotatable bonds is 4. The monoisotopic (exact) mass is 375 g/mol. The van der Waals surface area contributed by atoms with E-state index in [1.165, 1.54) is 19.1 Å². The zero-order valence-electron chi connectivity index (χ0n) is 14.3. The predicted octanol–water partition coefficient (Wildman–Crippen LogP) is 4.08. The lowest BCUT2D eigenvalue weighted by Gasteiger charge is -2.19. The second kappa shape index (κ2) is 7.74. The Labute approximate surface area is 156 Å². The fourth-order valence-corrected chi connectivity index (χ4v) is 3.35. The number of benzene rings is 2. The summed E-state index contributed by atoms with van der Waals surface area (Å²) >= 11 is 6.05. The molecule has 3 rings (SSSR count). The normalized spacial score (nSPS) is 16.4. The lowest BCUT2D eigenvalue weighted by Crippen LogP contribution is -2.39. The van der Waals surface area contributed by atoms with E-state index in [4.69, 9.17) is 11.6 Å². The predicted molar refractivity (Wildman–Crippen MR) is 101 cm³/mol. The van der Waals surface area contributed by atoms with Crippen LogP contribution < -0.4 is 15.5 Å². The second-order valence-corrected chi connectivity index (χ2v) is 6.64. The summed E-state index contributed by atoms with van der Waals surface area (Å²) in [6, 6.07) is 10.9. The van der Waals surface area contributed by atoms with Crippen LogP contribution in [0.4, 0.5) is 20.6 Å². The average Bonchev–Trinajstić information content (AvgIpc) is 3.03. The first kappa shape index (κ1) is 18.2. The first-order valence-corrected chi connectivity index (χ1v) is 8.69. The van der Waals surface area contributed by atoms with Crippen LogP contribution in [-0.2, 0) is 0 Å². The number of hydrogen-bond acceptors (Lipinski definition) is 3. The van der Waals surface area contributed by atoms with Crippen molar-refractivity contribution in [3.63, 3.8) is 0 Å². The summed E-state index contributed by atoms with van der Waals surface area (Å²) in [6.07, 6.45) is 0.728. The van der Waals surface area contributed by atoms with Crippen molar-refractivity contribution in [3.05, 3.63) is 58.9 Å². The molecule has 1 aliphatic heterocycles. The second-order valence-electron chi connectivity index (χ2n) is 6.23. The van der Waals surface area contributed by atoms with Gasteiger partial charge in [-0.25, -0.2) is 9.18 Å². The highest BCUT2D eigenvalue weighted by atomic mass is 35.5. The zero-order chi connectivity index (χ0) is 18.7. The minimum absolute atomic E-state index is 0.0819. The maximum absolute atomic E-state index is 13.9. The van der Waals surface area contributed by atoms with Gasteiger partial charge in [0.1, 0.15) is 5.82 Å². The molecule has 136 valence electrons. The minimum Gasteiger partial charge on any atom is -0.367 e. The fraction of sp³-hybridized carbons (Fsp3) is 0.263. The average molecular weight is 376 g/mol. The van der Waals surface area contributed by atoms with Crippen LogP contribution in [0.25, 0.3) is 0 Å². The van der Waals surface area contributed by atoms with E-state index >= 15 is 0 Å². The zero-order valence-corrected chi connectivity index (χ0v) is 15.0. The minimum atomic E-state index is -0.364. The van der Waals surface area contributed by atoms with Crippen LogP contribution in [0.1, 0.15) is 23.7 Å². The smallest absolute Gasteiger partial charge is 0.319 e. The summed E-state index contributed by atoms with van der Waals surface area (Å²) in [6.45, 7) is 2.64. The number of halogens is 2. The molecule has 5 nitrogen and oxygen atoms in total. The Kier molecular flexibility index (Phi) is 5.42. The number of carbonyl (C=O) groups is 2. The topological polar surface area (TPSA) is 61.4 Å². The van der Waals surface area contributed by atoms with Crippen LogP contribution in [0.3, 0.4) is 0 Å². The summed E-state index contributed by atoms with van der Waals surface area (Å²) in [7, 11) is 0. The van der Waals surface area contributed by atoms with Gasteiger partial charge in [0.25, 0.3) is 0 Å². The van der Waals surface area contributed by atoms with Crippen LogP contribution in [0.5, 0.6) is 0 Å². The van der Waals surface area contributed by atoms with Gasteiger partial charge in [-0.15, -0.1) is 0 Å². The lowest BCUT2D eigenvalue weighted by molar-refractivity contribution is 0.101. The van der Waals surface area contributed by atoms with E-state index in [-0.39, 0.29) is 23.7 Å². The quantitative estimate of drug-likeness (QED) is 0.791. The summed E-state index contributed by atoms with van der Waals surface area (Å²) < 4.78 is 13.9. The molecule has 1 heterocycles. The molecule has 0 aliphatic carbocycles. The van der Waals surface area contributed by atoms with Gasteiger partial charge in [-0.05, 0) is 43.7 Å². The van der Waals surface area contributed by atoms with Crippen molar-refractivity contribution in [1.82, 2.24) is 5.32 Å². The number of para-hydroxylation sites is 1. The third kappa shape index (κ3) is 4.14. The van der Waals surface area contributed by atoms with Gasteiger partial charge in [0.2, 0.25) is 0 Å². The molecule has 1 saturated heterocycles. The van der Waals surface area contributed by atoms with Crippen LogP contribution >= 0.6 is 11.6 Å². The Morgan fingerprint density at radius 3 is 2.69 bits per heavy atom. The molecular formula is C19H19ClFN3O2. The van der Waals surface area contributed by atoms with Crippen molar-refractivity contribution >= 4 is 34.8 Å². The van der Waals surface area contributed by atoms with Crippen LogP contribution in [0.15, 0.2) is 42.5 Å². The van der Waals surface area contributed by atoms with Gasteiger partial charge >= 0.3 is 6.03 Å². The maximum Gasteiger partial charge on any atom is 0.319 e. The molecule has 0 aromatic heterocycles. The molecule has 1 aliphatic rings. The van der Waals surface area contributed by atoms with E-state index in [2.05, 4.69) is 10.6 Å². The standard InChI is InChI=1S/C19H19ClFN3O2/c1-12(25)15-7-6-13(10-16(15)20)22-19(26)23-14-8-9-24(11-14)18-5-3-2-4-17(18)21/h2-7,10,14H,8-9,11H2,1H3,(H2,22,23,26). The van der Waals surface area contributed by atoms with E-state index in [1.54, 1.807) is 30.3 Å². The highest BCUT2D eigenvalue weighted by Crippen LogP contribution is 2.24. The summed E-state index contributed by atoms with van der Waals surface area (Å²) in [5, 5.41) is 5.88. The largest absolute Gasteiger partial charge is 0.367 e. The van der Waals surface area contributed by atoms with Crippen LogP contribution in [0.2, 0.25) is 5.02 Å². The summed E-state index contributed by atoms with van der Waals surface area (Å²) in [4.78, 5) is 25.5. The number of hydrogen-bond donors (Lipinski definition) is 2. The molecule has 0 spiro atoms. The van der Waals surface area contributed by atoms with E-state index in [0.717, 1.165) is 6.42 Å². The molecule has 0 bridgehead atoms. The first-order chi connectivity index (χ1) is 12.4. The number of anilines is 2. The molecule has 2 amide bonds. The number of urea groups is 1. The molecule has 0 radical (unpaired) electrons. The molecule has 1 atom stereocenters. The molecule has 1 fully saturated rings. The molecule has 0 saturated carbocycles. The van der Waals surface area contributed by atoms with Crippen LogP contribution in [0, 0.1) is 5.82 Å². The van der Waals surface area contributed by atoms with E-state index in [9.17, 15) is 14.0 Å². The highest BCUT2D eigenvalue weighted by molar-refractivity contribution is 6.34. The Morgan fingerprint density at radius 1 is 1.23 bits per heavy atom. The Balaban J connectivity index is 1.57. The van der Waals surface area contributed by atoms with Gasteiger partial charge in [0, 0.05) is 30.4 Å². The van der Waals surface area contributed by atoms with Gasteiger partial charge in [-0.2, -0.15) is 0 Å². The molecule has 2 aromatic rings. The Bertz CT molecular complexity index is 843. The Morgan fingerprint density at radius 2 is 2.00 bits per heavy atom. The molecule has 26 heavy (non-hydrogen) atoms. The number of carbonyl (C=O) groups excluding carboxylic acids is 2. The number of Topliss-reactive ketones (excluding diaryl/α,β-unsaturated/α-hetero) is 1. The summed E-state index contributed by atoms with van der Waals surface area (Å²) in [5.74, 6) is -0.400. The highest BCUT2D eigenvalue weighted by Gasteiger charge is 2.25. The van der Waals surface area contributed by atoms with Gasteiger partial charge < -0.3 is 15.5 Å². The molecular weight excluding hydrogens is 357 g/mol. The van der Waals surface area contributed by atoms with E-state index in [0.29, 0.717) is 35.1 Å². The van der Waals surface area contributed by atoms with Crippen LogP contribution in [-0.4, -0.2) is 30.9 Å². The number of ketones is 1. The molecule has 7 heteroatoms. The van der Waals surface area contributed by atoms with Gasteiger partial charge in [0.15, 0.2) is 5.78 Å². The third-order valence-corrected chi connectivity index (χ3v) is 4.64. The molecule has 2 N–H and O–H groups in total. The number of nitrogens with zero attached hydrogens (tertiary/aromatic N) is 1. The fourth-order valence-electron chi connectivity index (χ4n) is 3.04. The summed E-state index contributed by atoms with van der Waals surface area (Å²) in [5.41, 5.74) is 1.46. The van der Waals surface area contributed by atoms with Gasteiger partial charge in [-0.3, -0.25) is 4.79 Å². The molecule has 2 aromatic carbocycles. The van der Waals surface area contributed by atoms with E-state index in [1.807, 2.05) is 4.90 Å². The van der Waals surface area contributed by atoms with Crippen molar-refractivity contribution in [2.24, 2.45) is 0 Å². The van der Waals surface area contributed by atoms with Crippen molar-refractivity contribution in [2.75, 3.05) is 23.3 Å². The lowest BCUT2D eigenvalue weighted by atomic mass is 10.1. The Hall–Kier alpha value is -2.60. The molecule has 1 unspecified atom stereocenters. The first-order valence-electron chi connectivity index (χ1n) is 8.31.